The van der Waals surface area contributed by atoms with Gasteiger partial charge in [0.15, 0.2) is 0 Å². The van der Waals surface area contributed by atoms with Gasteiger partial charge in [-0.15, -0.1) is 0 Å². The van der Waals surface area contributed by atoms with Crippen LogP contribution in [0.2, 0.25) is 0 Å². The van der Waals surface area contributed by atoms with E-state index in [1.165, 1.54) is 30.7 Å². The minimum atomic E-state index is -2.71. The van der Waals surface area contributed by atoms with Crippen molar-refractivity contribution in [3.8, 4) is 17.3 Å². The van der Waals surface area contributed by atoms with Gasteiger partial charge in [-0.2, -0.15) is 4.39 Å². The lowest BCUT2D eigenvalue weighted by Gasteiger charge is -2.29. The first kappa shape index (κ1) is 23.6. The number of hydrogen-bond acceptors (Lipinski definition) is 6. The molecular formula is C24H24F3N5O2. The van der Waals surface area contributed by atoms with Crippen LogP contribution >= 0.6 is 0 Å². The quantitative estimate of drug-likeness (QED) is 0.484. The van der Waals surface area contributed by atoms with E-state index in [1.807, 2.05) is 13.8 Å². The third-order valence-corrected chi connectivity index (χ3v) is 5.55. The first-order chi connectivity index (χ1) is 16.2. The standard InChI is InChI=1S/C24H24F3N5O2/c1-14(2)34-23-29-12-16(13-30-23)22(33)32-21-17(18-4-3-5-19(25)31-18)8-11-28-20(21)15-6-9-24(26,27)10-7-15/h3-5,8,11-15H,6-7,9-10H2,1-2H3,(H,32,33). The van der Waals surface area contributed by atoms with Crippen LogP contribution in [0.15, 0.2) is 42.9 Å². The first-order valence-corrected chi connectivity index (χ1v) is 11.0. The maximum atomic E-state index is 13.9. The summed E-state index contributed by atoms with van der Waals surface area (Å²) in [5.41, 5.74) is 1.67. The summed E-state index contributed by atoms with van der Waals surface area (Å²) in [5.74, 6) is -4.20. The highest BCUT2D eigenvalue weighted by molar-refractivity contribution is 6.06. The number of nitrogens with zero attached hydrogens (tertiary/aromatic N) is 4. The summed E-state index contributed by atoms with van der Waals surface area (Å²) in [6.07, 6.45) is 3.96. The van der Waals surface area contributed by atoms with Gasteiger partial charge in [0.25, 0.3) is 5.91 Å². The molecule has 1 saturated carbocycles. The van der Waals surface area contributed by atoms with Crippen molar-refractivity contribution in [2.75, 3.05) is 5.32 Å². The third kappa shape index (κ3) is 5.49. The summed E-state index contributed by atoms with van der Waals surface area (Å²) < 4.78 is 46.8. The van der Waals surface area contributed by atoms with Crippen molar-refractivity contribution in [1.82, 2.24) is 19.9 Å². The predicted molar refractivity (Wildman–Crippen MR) is 119 cm³/mol. The van der Waals surface area contributed by atoms with Gasteiger partial charge in [0.2, 0.25) is 11.9 Å². The molecule has 3 aromatic heterocycles. The fourth-order valence-electron chi connectivity index (χ4n) is 3.89. The van der Waals surface area contributed by atoms with Gasteiger partial charge in [-0.25, -0.2) is 23.7 Å². The summed E-state index contributed by atoms with van der Waals surface area (Å²) >= 11 is 0. The zero-order chi connectivity index (χ0) is 24.3. The number of rotatable bonds is 6. The van der Waals surface area contributed by atoms with Crippen molar-refractivity contribution in [3.63, 3.8) is 0 Å². The van der Waals surface area contributed by atoms with Crippen LogP contribution in [0.5, 0.6) is 6.01 Å². The maximum Gasteiger partial charge on any atom is 0.316 e. The SMILES string of the molecule is CC(C)Oc1ncc(C(=O)Nc2c(-c3cccc(F)n3)ccnc2C2CCC(F)(F)CC2)cn1. The van der Waals surface area contributed by atoms with Crippen LogP contribution in [0.3, 0.4) is 0 Å². The molecule has 1 N–H and O–H groups in total. The molecule has 0 spiro atoms. The van der Waals surface area contributed by atoms with E-state index in [-0.39, 0.29) is 55.0 Å². The van der Waals surface area contributed by atoms with Gasteiger partial charge < -0.3 is 10.1 Å². The molecule has 1 aliphatic carbocycles. The molecule has 0 atom stereocenters. The monoisotopic (exact) mass is 471 g/mol. The van der Waals surface area contributed by atoms with Gasteiger partial charge in [0.1, 0.15) is 0 Å². The highest BCUT2D eigenvalue weighted by Crippen LogP contribution is 2.44. The molecule has 0 aliphatic heterocycles. The smallest absolute Gasteiger partial charge is 0.316 e. The molecular weight excluding hydrogens is 447 g/mol. The minimum absolute atomic E-state index is 0.123. The number of pyridine rings is 2. The first-order valence-electron chi connectivity index (χ1n) is 11.0. The normalized spacial score (nSPS) is 15.8. The fourth-order valence-corrected chi connectivity index (χ4v) is 3.89. The average Bonchev–Trinajstić information content (AvgIpc) is 2.79. The Morgan fingerprint density at radius 3 is 2.47 bits per heavy atom. The molecule has 1 amide bonds. The lowest BCUT2D eigenvalue weighted by molar-refractivity contribution is -0.0384. The van der Waals surface area contributed by atoms with Crippen LogP contribution in [0.1, 0.15) is 61.5 Å². The van der Waals surface area contributed by atoms with E-state index in [2.05, 4.69) is 25.3 Å². The number of ether oxygens (including phenoxy) is 1. The molecule has 0 radical (unpaired) electrons. The Bertz CT molecular complexity index is 1160. The van der Waals surface area contributed by atoms with Gasteiger partial charge >= 0.3 is 6.01 Å². The van der Waals surface area contributed by atoms with E-state index in [4.69, 9.17) is 4.74 Å². The second-order valence-electron chi connectivity index (χ2n) is 8.47. The fraction of sp³-hybridized carbons (Fsp3) is 0.375. The van der Waals surface area contributed by atoms with Crippen molar-refractivity contribution in [2.45, 2.75) is 57.5 Å². The third-order valence-electron chi connectivity index (χ3n) is 5.55. The predicted octanol–water partition coefficient (Wildman–Crippen LogP) is 5.41. The average molecular weight is 471 g/mol. The number of carbonyl (C=O) groups is 1. The molecule has 0 unspecified atom stereocenters. The molecule has 178 valence electrons. The second kappa shape index (κ2) is 9.74. The Balaban J connectivity index is 1.69. The van der Waals surface area contributed by atoms with Crippen LogP contribution in [0.25, 0.3) is 11.3 Å². The summed E-state index contributed by atoms with van der Waals surface area (Å²) in [7, 11) is 0. The zero-order valence-electron chi connectivity index (χ0n) is 18.8. The molecule has 0 aromatic carbocycles. The molecule has 4 rings (SSSR count). The van der Waals surface area contributed by atoms with E-state index >= 15 is 0 Å². The van der Waals surface area contributed by atoms with Gasteiger partial charge in [0.05, 0.1) is 28.7 Å². The molecule has 34 heavy (non-hydrogen) atoms. The molecule has 3 heterocycles. The number of hydrogen-bond donors (Lipinski definition) is 1. The van der Waals surface area contributed by atoms with E-state index in [9.17, 15) is 18.0 Å². The topological polar surface area (TPSA) is 89.9 Å². The molecule has 1 fully saturated rings. The Labute approximate surface area is 194 Å². The van der Waals surface area contributed by atoms with Crippen LogP contribution < -0.4 is 10.1 Å². The summed E-state index contributed by atoms with van der Waals surface area (Å²) in [5, 5.41) is 2.82. The summed E-state index contributed by atoms with van der Waals surface area (Å²) in [4.78, 5) is 29.5. The Morgan fingerprint density at radius 1 is 1.12 bits per heavy atom. The van der Waals surface area contributed by atoms with E-state index in [1.54, 1.807) is 12.1 Å². The summed E-state index contributed by atoms with van der Waals surface area (Å²) in [6.45, 7) is 3.66. The largest absolute Gasteiger partial charge is 0.461 e. The Hall–Kier alpha value is -3.56. The number of halogens is 3. The number of nitrogens with one attached hydrogen (secondary N) is 1. The van der Waals surface area contributed by atoms with Crippen molar-refractivity contribution < 1.29 is 22.7 Å². The highest BCUT2D eigenvalue weighted by atomic mass is 19.3. The second-order valence-corrected chi connectivity index (χ2v) is 8.47. The molecule has 1 aliphatic rings. The number of anilines is 1. The Kier molecular flexibility index (Phi) is 6.76. The molecule has 3 aromatic rings. The molecule has 0 bridgehead atoms. The van der Waals surface area contributed by atoms with Crippen LogP contribution in [-0.4, -0.2) is 37.9 Å². The number of aromatic nitrogens is 4. The molecule has 7 nitrogen and oxygen atoms in total. The minimum Gasteiger partial charge on any atom is -0.461 e. The van der Waals surface area contributed by atoms with Gasteiger partial charge in [0, 0.05) is 42.9 Å². The van der Waals surface area contributed by atoms with E-state index in [0.29, 0.717) is 16.9 Å². The number of alkyl halides is 2. The van der Waals surface area contributed by atoms with Gasteiger partial charge in [-0.3, -0.25) is 9.78 Å². The molecule has 0 saturated heterocycles. The van der Waals surface area contributed by atoms with Gasteiger partial charge in [-0.05, 0) is 44.9 Å². The van der Waals surface area contributed by atoms with E-state index < -0.39 is 17.8 Å². The van der Waals surface area contributed by atoms with Crippen LogP contribution in [0, 0.1) is 5.95 Å². The lowest BCUT2D eigenvalue weighted by Crippen LogP contribution is -2.25. The van der Waals surface area contributed by atoms with Crippen LogP contribution in [-0.2, 0) is 0 Å². The number of carbonyl (C=O) groups excluding carboxylic acids is 1. The van der Waals surface area contributed by atoms with E-state index in [0.717, 1.165) is 0 Å². The van der Waals surface area contributed by atoms with Crippen molar-refractivity contribution in [1.29, 1.82) is 0 Å². The number of amides is 1. The lowest BCUT2D eigenvalue weighted by atomic mass is 9.83. The maximum absolute atomic E-state index is 13.9. The summed E-state index contributed by atoms with van der Waals surface area (Å²) in [6, 6.07) is 6.07. The zero-order valence-corrected chi connectivity index (χ0v) is 18.8. The van der Waals surface area contributed by atoms with Crippen molar-refractivity contribution >= 4 is 11.6 Å². The van der Waals surface area contributed by atoms with Crippen molar-refractivity contribution in [3.05, 3.63) is 60.1 Å². The van der Waals surface area contributed by atoms with Crippen molar-refractivity contribution in [2.24, 2.45) is 0 Å². The van der Waals surface area contributed by atoms with Crippen LogP contribution in [0.4, 0.5) is 18.9 Å². The molecule has 10 heteroatoms. The highest BCUT2D eigenvalue weighted by Gasteiger charge is 2.37. The van der Waals surface area contributed by atoms with Gasteiger partial charge in [-0.1, -0.05) is 6.07 Å². The Morgan fingerprint density at radius 2 is 1.82 bits per heavy atom.